The van der Waals surface area contributed by atoms with Gasteiger partial charge in [-0.15, -0.1) is 11.8 Å². The summed E-state index contributed by atoms with van der Waals surface area (Å²) in [5.74, 6) is 0.573. The predicted octanol–water partition coefficient (Wildman–Crippen LogP) is 3.92. The van der Waals surface area contributed by atoms with E-state index < -0.39 is 0 Å². The molecule has 21 heavy (non-hydrogen) atoms. The van der Waals surface area contributed by atoms with E-state index in [4.69, 9.17) is 0 Å². The summed E-state index contributed by atoms with van der Waals surface area (Å²) in [5.41, 5.74) is 1.32. The quantitative estimate of drug-likeness (QED) is 0.785. The van der Waals surface area contributed by atoms with Crippen LogP contribution in [0.4, 0.5) is 0 Å². The van der Waals surface area contributed by atoms with Crippen molar-refractivity contribution in [1.29, 1.82) is 0 Å². The van der Waals surface area contributed by atoms with Crippen molar-refractivity contribution in [2.24, 2.45) is 0 Å². The predicted molar refractivity (Wildman–Crippen MR) is 89.5 cm³/mol. The zero-order valence-electron chi connectivity index (χ0n) is 12.3. The van der Waals surface area contributed by atoms with Crippen LogP contribution in [0.5, 0.6) is 0 Å². The third-order valence-corrected chi connectivity index (χ3v) is 4.24. The van der Waals surface area contributed by atoms with Gasteiger partial charge in [0.1, 0.15) is 0 Å². The van der Waals surface area contributed by atoms with Gasteiger partial charge in [-0.05, 0) is 37.5 Å². The van der Waals surface area contributed by atoms with Crippen LogP contribution in [-0.2, 0) is 11.2 Å². The van der Waals surface area contributed by atoms with Gasteiger partial charge in [0.15, 0.2) is 0 Å². The number of hydrogen-bond donors (Lipinski definition) is 1. The SMILES string of the molecule is C[C@@H](CCc1ccccc1)NC(=O)CSc1ccccc1. The Morgan fingerprint density at radius 3 is 2.33 bits per heavy atom. The third-order valence-electron chi connectivity index (χ3n) is 3.23. The maximum atomic E-state index is 11.9. The molecule has 3 heteroatoms. The maximum Gasteiger partial charge on any atom is 0.230 e. The van der Waals surface area contributed by atoms with Gasteiger partial charge < -0.3 is 5.32 Å². The molecule has 0 bridgehead atoms. The molecule has 0 radical (unpaired) electrons. The average molecular weight is 299 g/mol. The van der Waals surface area contributed by atoms with E-state index in [1.807, 2.05) is 36.4 Å². The van der Waals surface area contributed by atoms with E-state index in [1.165, 1.54) is 5.56 Å². The van der Waals surface area contributed by atoms with E-state index in [1.54, 1.807) is 11.8 Å². The van der Waals surface area contributed by atoms with Crippen molar-refractivity contribution in [2.75, 3.05) is 5.75 Å². The van der Waals surface area contributed by atoms with Crippen molar-refractivity contribution in [3.8, 4) is 0 Å². The smallest absolute Gasteiger partial charge is 0.230 e. The van der Waals surface area contributed by atoms with Gasteiger partial charge in [-0.3, -0.25) is 4.79 Å². The van der Waals surface area contributed by atoms with Crippen LogP contribution in [0.2, 0.25) is 0 Å². The Morgan fingerprint density at radius 1 is 1.05 bits per heavy atom. The van der Waals surface area contributed by atoms with E-state index in [0.717, 1.165) is 17.7 Å². The van der Waals surface area contributed by atoms with Gasteiger partial charge in [0.25, 0.3) is 0 Å². The first-order chi connectivity index (χ1) is 10.2. The molecule has 0 aliphatic rings. The largest absolute Gasteiger partial charge is 0.353 e. The average Bonchev–Trinajstić information content (AvgIpc) is 2.53. The molecule has 1 N–H and O–H groups in total. The molecule has 0 unspecified atom stereocenters. The van der Waals surface area contributed by atoms with Crippen LogP contribution in [-0.4, -0.2) is 17.7 Å². The lowest BCUT2D eigenvalue weighted by molar-refractivity contribution is -0.119. The first kappa shape index (κ1) is 15.6. The summed E-state index contributed by atoms with van der Waals surface area (Å²) >= 11 is 1.57. The molecule has 0 saturated heterocycles. The molecule has 0 saturated carbocycles. The topological polar surface area (TPSA) is 29.1 Å². The molecule has 1 amide bonds. The fourth-order valence-electron chi connectivity index (χ4n) is 2.08. The number of amides is 1. The fraction of sp³-hybridized carbons (Fsp3) is 0.278. The number of rotatable bonds is 7. The first-order valence-electron chi connectivity index (χ1n) is 7.25. The Balaban J connectivity index is 1.67. The number of nitrogens with one attached hydrogen (secondary N) is 1. The second-order valence-corrected chi connectivity index (χ2v) is 6.14. The molecule has 1 atom stereocenters. The fourth-order valence-corrected chi connectivity index (χ4v) is 2.81. The van der Waals surface area contributed by atoms with Crippen LogP contribution in [0.1, 0.15) is 18.9 Å². The van der Waals surface area contributed by atoms with Crippen molar-refractivity contribution in [2.45, 2.75) is 30.7 Å². The van der Waals surface area contributed by atoms with Gasteiger partial charge in [-0.2, -0.15) is 0 Å². The Bertz CT molecular complexity index is 542. The van der Waals surface area contributed by atoms with E-state index in [9.17, 15) is 4.79 Å². The summed E-state index contributed by atoms with van der Waals surface area (Å²) in [7, 11) is 0. The highest BCUT2D eigenvalue weighted by atomic mass is 32.2. The van der Waals surface area contributed by atoms with Gasteiger partial charge in [0, 0.05) is 10.9 Å². The summed E-state index contributed by atoms with van der Waals surface area (Å²) in [6.45, 7) is 2.06. The summed E-state index contributed by atoms with van der Waals surface area (Å²) in [4.78, 5) is 13.0. The Labute approximate surface area is 131 Å². The molecule has 2 nitrogen and oxygen atoms in total. The summed E-state index contributed by atoms with van der Waals surface area (Å²) in [6.07, 6.45) is 1.96. The number of carbonyl (C=O) groups is 1. The zero-order valence-corrected chi connectivity index (χ0v) is 13.1. The minimum absolute atomic E-state index is 0.101. The van der Waals surface area contributed by atoms with E-state index in [-0.39, 0.29) is 11.9 Å². The van der Waals surface area contributed by atoms with E-state index in [2.05, 4.69) is 36.5 Å². The lowest BCUT2D eigenvalue weighted by Crippen LogP contribution is -2.34. The molecule has 110 valence electrons. The molecule has 0 aliphatic heterocycles. The van der Waals surface area contributed by atoms with Crippen LogP contribution in [0.15, 0.2) is 65.6 Å². The van der Waals surface area contributed by atoms with Gasteiger partial charge >= 0.3 is 0 Å². The van der Waals surface area contributed by atoms with Crippen LogP contribution >= 0.6 is 11.8 Å². The molecule has 2 rings (SSSR count). The van der Waals surface area contributed by atoms with Gasteiger partial charge in [0.05, 0.1) is 5.75 Å². The molecule has 0 aromatic heterocycles. The number of thioether (sulfide) groups is 1. The molecule has 0 heterocycles. The Kier molecular flexibility index (Phi) is 6.35. The number of carbonyl (C=O) groups excluding carboxylic acids is 1. The third kappa shape index (κ3) is 6.05. The highest BCUT2D eigenvalue weighted by Crippen LogP contribution is 2.16. The van der Waals surface area contributed by atoms with Crippen molar-refractivity contribution in [1.82, 2.24) is 5.32 Å². The molecule has 2 aromatic carbocycles. The second-order valence-electron chi connectivity index (χ2n) is 5.09. The van der Waals surface area contributed by atoms with Crippen molar-refractivity contribution in [3.63, 3.8) is 0 Å². The highest BCUT2D eigenvalue weighted by Gasteiger charge is 2.08. The number of aryl methyl sites for hydroxylation is 1. The maximum absolute atomic E-state index is 11.9. The molecular formula is C18H21NOS. The number of hydrogen-bond acceptors (Lipinski definition) is 2. The Hall–Kier alpha value is -1.74. The lowest BCUT2D eigenvalue weighted by atomic mass is 10.1. The van der Waals surface area contributed by atoms with Gasteiger partial charge in [-0.25, -0.2) is 0 Å². The van der Waals surface area contributed by atoms with Crippen LogP contribution in [0.25, 0.3) is 0 Å². The normalized spacial score (nSPS) is 11.9. The number of benzene rings is 2. The molecule has 0 aliphatic carbocycles. The van der Waals surface area contributed by atoms with Gasteiger partial charge in [0.2, 0.25) is 5.91 Å². The monoisotopic (exact) mass is 299 g/mol. The molecule has 0 fully saturated rings. The lowest BCUT2D eigenvalue weighted by Gasteiger charge is -2.13. The van der Waals surface area contributed by atoms with Crippen molar-refractivity contribution < 1.29 is 4.79 Å². The standard InChI is InChI=1S/C18H21NOS/c1-15(12-13-16-8-4-2-5-9-16)19-18(20)14-21-17-10-6-3-7-11-17/h2-11,15H,12-14H2,1H3,(H,19,20)/t15-/m0/s1. The highest BCUT2D eigenvalue weighted by molar-refractivity contribution is 8.00. The van der Waals surface area contributed by atoms with Crippen LogP contribution in [0, 0.1) is 0 Å². The van der Waals surface area contributed by atoms with E-state index in [0.29, 0.717) is 5.75 Å². The van der Waals surface area contributed by atoms with Crippen LogP contribution in [0.3, 0.4) is 0 Å². The van der Waals surface area contributed by atoms with Crippen LogP contribution < -0.4 is 5.32 Å². The minimum atomic E-state index is 0.101. The summed E-state index contributed by atoms with van der Waals surface area (Å²) in [5, 5.41) is 3.06. The van der Waals surface area contributed by atoms with Gasteiger partial charge in [-0.1, -0.05) is 48.5 Å². The zero-order chi connectivity index (χ0) is 14.9. The second kappa shape index (κ2) is 8.53. The molecular weight excluding hydrogens is 278 g/mol. The van der Waals surface area contributed by atoms with E-state index >= 15 is 0 Å². The first-order valence-corrected chi connectivity index (χ1v) is 8.24. The molecule has 2 aromatic rings. The minimum Gasteiger partial charge on any atom is -0.353 e. The summed E-state index contributed by atoms with van der Waals surface area (Å²) in [6, 6.07) is 20.6. The Morgan fingerprint density at radius 2 is 1.67 bits per heavy atom. The molecule has 0 spiro atoms. The summed E-state index contributed by atoms with van der Waals surface area (Å²) < 4.78 is 0. The van der Waals surface area contributed by atoms with Crippen molar-refractivity contribution >= 4 is 17.7 Å². The van der Waals surface area contributed by atoms with Crippen molar-refractivity contribution in [3.05, 3.63) is 66.2 Å².